The number of ether oxygens (including phenoxy) is 2. The Kier molecular flexibility index (Phi) is 7.48. The minimum Gasteiger partial charge on any atom is -0.473 e. The third-order valence-corrected chi connectivity index (χ3v) is 9.61. The third kappa shape index (κ3) is 5.32. The normalized spacial score (nSPS) is 24.0. The van der Waals surface area contributed by atoms with E-state index in [2.05, 4.69) is 57.7 Å². The van der Waals surface area contributed by atoms with E-state index >= 15 is 0 Å². The first-order valence-electron chi connectivity index (χ1n) is 15.6. The molecule has 3 aromatic heterocycles. The van der Waals surface area contributed by atoms with Crippen LogP contribution >= 0.6 is 0 Å². The first kappa shape index (κ1) is 27.2. The van der Waals surface area contributed by atoms with Crippen LogP contribution in [0.25, 0.3) is 22.6 Å². The lowest BCUT2D eigenvalue weighted by Gasteiger charge is -2.37. The van der Waals surface area contributed by atoms with Gasteiger partial charge in [-0.2, -0.15) is 0 Å². The van der Waals surface area contributed by atoms with E-state index in [1.54, 1.807) is 0 Å². The first-order chi connectivity index (χ1) is 20.5. The van der Waals surface area contributed by atoms with Crippen molar-refractivity contribution in [3.63, 3.8) is 0 Å². The summed E-state index contributed by atoms with van der Waals surface area (Å²) in [6, 6.07) is 12.5. The van der Waals surface area contributed by atoms with Crippen LogP contribution in [0.4, 0.5) is 5.95 Å². The molecule has 10 nitrogen and oxygen atoms in total. The lowest BCUT2D eigenvalue weighted by Crippen LogP contribution is -2.41. The molecule has 0 bridgehead atoms. The van der Waals surface area contributed by atoms with Crippen LogP contribution in [0.1, 0.15) is 70.4 Å². The van der Waals surface area contributed by atoms with Gasteiger partial charge >= 0.3 is 5.76 Å². The Morgan fingerprint density at radius 3 is 2.62 bits per heavy atom. The lowest BCUT2D eigenvalue weighted by molar-refractivity contribution is 0.0925. The molecule has 4 aromatic rings. The summed E-state index contributed by atoms with van der Waals surface area (Å²) in [6.07, 6.45) is 8.49. The van der Waals surface area contributed by atoms with Crippen molar-refractivity contribution in [1.82, 2.24) is 24.7 Å². The minimum absolute atomic E-state index is 0.0174. The Hall–Kier alpha value is -3.66. The highest BCUT2D eigenvalue weighted by Crippen LogP contribution is 2.40. The molecular weight excluding hydrogens is 532 g/mol. The highest BCUT2D eigenvalue weighted by Gasteiger charge is 2.33. The van der Waals surface area contributed by atoms with Crippen molar-refractivity contribution in [3.05, 3.63) is 52.5 Å². The third-order valence-electron chi connectivity index (χ3n) is 9.61. The van der Waals surface area contributed by atoms with Crippen molar-refractivity contribution < 1.29 is 14.0 Å². The second-order valence-electron chi connectivity index (χ2n) is 12.5. The number of benzene rings is 1. The molecule has 42 heavy (non-hydrogen) atoms. The second kappa shape index (κ2) is 11.6. The zero-order valence-corrected chi connectivity index (χ0v) is 24.5. The van der Waals surface area contributed by atoms with E-state index in [1.165, 1.54) is 37.7 Å². The van der Waals surface area contributed by atoms with Crippen LogP contribution in [0.5, 0.6) is 5.88 Å². The maximum atomic E-state index is 11.8. The van der Waals surface area contributed by atoms with Crippen molar-refractivity contribution >= 4 is 17.0 Å². The van der Waals surface area contributed by atoms with E-state index in [9.17, 15) is 4.79 Å². The van der Waals surface area contributed by atoms with Gasteiger partial charge in [-0.1, -0.05) is 61.7 Å². The van der Waals surface area contributed by atoms with Crippen LogP contribution < -0.4 is 15.4 Å². The number of aromatic nitrogens is 5. The highest BCUT2D eigenvalue weighted by molar-refractivity contribution is 5.86. The van der Waals surface area contributed by atoms with Crippen LogP contribution in [-0.2, 0) is 11.3 Å². The van der Waals surface area contributed by atoms with Gasteiger partial charge in [0.2, 0.25) is 17.7 Å². The average Bonchev–Trinajstić information content (AvgIpc) is 3.57. The highest BCUT2D eigenvalue weighted by atomic mass is 16.5. The molecule has 0 amide bonds. The molecular formula is C32H40N6O4. The largest absolute Gasteiger partial charge is 0.473 e. The van der Waals surface area contributed by atoms with Gasteiger partial charge in [0, 0.05) is 13.1 Å². The van der Waals surface area contributed by atoms with Gasteiger partial charge in [0.1, 0.15) is 17.3 Å². The summed E-state index contributed by atoms with van der Waals surface area (Å²) < 4.78 is 19.9. The SMILES string of the molecule is CC1CCC(Cn2c(N3CCOC[C@H]3c3ccccc3)nc3cc(-c4noc(=O)[nH]4)nc(OC(C)C4CCC4)c32)CC1. The van der Waals surface area contributed by atoms with Gasteiger partial charge in [-0.15, -0.1) is 0 Å². The topological polar surface area (TPSA) is 111 Å². The molecule has 2 atom stereocenters. The van der Waals surface area contributed by atoms with Gasteiger partial charge in [0.25, 0.3) is 0 Å². The Morgan fingerprint density at radius 2 is 1.90 bits per heavy atom. The Labute approximate surface area is 245 Å². The Balaban J connectivity index is 1.38. The van der Waals surface area contributed by atoms with Crippen molar-refractivity contribution in [2.75, 3.05) is 24.7 Å². The molecule has 3 aliphatic rings. The van der Waals surface area contributed by atoms with Crippen LogP contribution in [0, 0.1) is 17.8 Å². The predicted octanol–water partition coefficient (Wildman–Crippen LogP) is 5.75. The van der Waals surface area contributed by atoms with Crippen LogP contribution in [-0.4, -0.2) is 50.5 Å². The number of fused-ring (bicyclic) bond motifs is 1. The molecule has 1 saturated heterocycles. The number of nitrogens with zero attached hydrogens (tertiary/aromatic N) is 5. The van der Waals surface area contributed by atoms with Gasteiger partial charge in [-0.05, 0) is 62.0 Å². The van der Waals surface area contributed by atoms with Crippen molar-refractivity contribution in [2.45, 2.75) is 77.5 Å². The molecule has 10 heteroatoms. The first-order valence-corrected chi connectivity index (χ1v) is 15.6. The summed E-state index contributed by atoms with van der Waals surface area (Å²) in [5.74, 6) is 2.94. The van der Waals surface area contributed by atoms with E-state index in [1.807, 2.05) is 12.1 Å². The molecule has 1 unspecified atom stereocenters. The zero-order chi connectivity index (χ0) is 28.6. The molecule has 7 rings (SSSR count). The Morgan fingerprint density at radius 1 is 1.10 bits per heavy atom. The number of nitrogens with one attached hydrogen (secondary N) is 1. The number of rotatable bonds is 8. The summed E-state index contributed by atoms with van der Waals surface area (Å²) in [5.41, 5.74) is 3.37. The number of aromatic amines is 1. The fourth-order valence-corrected chi connectivity index (χ4v) is 6.79. The van der Waals surface area contributed by atoms with Crippen molar-refractivity contribution in [2.24, 2.45) is 17.8 Å². The molecule has 1 aliphatic heterocycles. The molecule has 3 fully saturated rings. The van der Waals surface area contributed by atoms with Crippen LogP contribution in [0.3, 0.4) is 0 Å². The van der Waals surface area contributed by atoms with E-state index in [0.29, 0.717) is 36.6 Å². The molecule has 0 spiro atoms. The maximum absolute atomic E-state index is 11.8. The van der Waals surface area contributed by atoms with E-state index in [0.717, 1.165) is 48.8 Å². The molecule has 4 heterocycles. The Bertz CT molecular complexity index is 1570. The average molecular weight is 573 g/mol. The van der Waals surface area contributed by atoms with Crippen molar-refractivity contribution in [3.8, 4) is 17.4 Å². The van der Waals surface area contributed by atoms with Gasteiger partial charge < -0.3 is 18.9 Å². The standard InChI is InChI=1S/C32H40N6O4/c1-20-11-13-22(14-12-20)18-38-28-25(34-31(38)37-15-16-40-19-27(37)24-7-4-3-5-8-24)17-26(29-35-32(39)42-36-29)33-30(28)41-21(2)23-9-6-10-23/h3-5,7-8,17,20-23,27H,6,9-16,18-19H2,1-2H3,(H,35,36,39)/t20?,21?,22?,27-/m0/s1. The fourth-order valence-electron chi connectivity index (χ4n) is 6.79. The second-order valence-corrected chi connectivity index (χ2v) is 12.5. The predicted molar refractivity (Wildman–Crippen MR) is 160 cm³/mol. The number of hydrogen-bond acceptors (Lipinski definition) is 8. The van der Waals surface area contributed by atoms with Gasteiger partial charge in [0.15, 0.2) is 0 Å². The van der Waals surface area contributed by atoms with Gasteiger partial charge in [0.05, 0.1) is 24.8 Å². The maximum Gasteiger partial charge on any atom is 0.439 e. The molecule has 222 valence electrons. The summed E-state index contributed by atoms with van der Waals surface area (Å²) in [4.78, 5) is 27.1. The molecule has 1 N–H and O–H groups in total. The lowest BCUT2D eigenvalue weighted by atomic mass is 9.82. The monoisotopic (exact) mass is 572 g/mol. The summed E-state index contributed by atoms with van der Waals surface area (Å²) in [6.45, 7) is 7.32. The molecule has 2 saturated carbocycles. The number of imidazole rings is 1. The molecule has 2 aliphatic carbocycles. The summed E-state index contributed by atoms with van der Waals surface area (Å²) >= 11 is 0. The van der Waals surface area contributed by atoms with E-state index in [-0.39, 0.29) is 18.0 Å². The van der Waals surface area contributed by atoms with E-state index < -0.39 is 5.76 Å². The zero-order valence-electron chi connectivity index (χ0n) is 24.5. The van der Waals surface area contributed by atoms with Gasteiger partial charge in [-0.25, -0.2) is 14.8 Å². The van der Waals surface area contributed by atoms with Crippen molar-refractivity contribution in [1.29, 1.82) is 0 Å². The number of H-pyrrole nitrogens is 1. The number of hydrogen-bond donors (Lipinski definition) is 1. The summed E-state index contributed by atoms with van der Waals surface area (Å²) in [5, 5.41) is 3.92. The van der Waals surface area contributed by atoms with Crippen LogP contribution in [0.15, 0.2) is 45.7 Å². The minimum atomic E-state index is -0.617. The van der Waals surface area contributed by atoms with Gasteiger partial charge in [-0.3, -0.25) is 9.51 Å². The number of anilines is 1. The molecule has 1 aromatic carbocycles. The number of pyridine rings is 1. The smallest absolute Gasteiger partial charge is 0.439 e. The number of morpholine rings is 1. The molecule has 0 radical (unpaired) electrons. The quantitative estimate of drug-likeness (QED) is 0.284. The summed E-state index contributed by atoms with van der Waals surface area (Å²) in [7, 11) is 0. The van der Waals surface area contributed by atoms with E-state index in [4.69, 9.17) is 24.0 Å². The van der Waals surface area contributed by atoms with Crippen LogP contribution in [0.2, 0.25) is 0 Å². The fraction of sp³-hybridized carbons (Fsp3) is 0.562.